The van der Waals surface area contributed by atoms with Crippen molar-refractivity contribution in [1.82, 2.24) is 15.2 Å². The van der Waals surface area contributed by atoms with Gasteiger partial charge in [-0.1, -0.05) is 123 Å². The van der Waals surface area contributed by atoms with E-state index in [0.29, 0.717) is 5.92 Å². The molecule has 1 aliphatic heterocycles. The molecule has 4 aromatic carbocycles. The molecule has 0 saturated heterocycles. The molecule has 0 radical (unpaired) electrons. The van der Waals surface area contributed by atoms with Gasteiger partial charge in [0.2, 0.25) is 0 Å². The molecule has 0 spiro atoms. The number of nitrogens with one attached hydrogen (secondary N) is 2. The first kappa shape index (κ1) is 23.5. The zero-order chi connectivity index (χ0) is 26.8. The van der Waals surface area contributed by atoms with E-state index in [1.54, 1.807) is 0 Å². The number of fused-ring (bicyclic) bond motifs is 6. The van der Waals surface area contributed by atoms with Crippen LogP contribution in [0.4, 0.5) is 0 Å². The zero-order valence-electron chi connectivity index (χ0n) is 22.9. The molecule has 3 atom stereocenters. The molecule has 3 nitrogen and oxygen atoms in total. The van der Waals surface area contributed by atoms with E-state index >= 15 is 0 Å². The van der Waals surface area contributed by atoms with Gasteiger partial charge in [0.25, 0.3) is 0 Å². The van der Waals surface area contributed by atoms with Crippen molar-refractivity contribution in [2.24, 2.45) is 0 Å². The lowest BCUT2D eigenvalue weighted by molar-refractivity contribution is 0.341. The molecule has 40 heavy (non-hydrogen) atoms. The summed E-state index contributed by atoms with van der Waals surface area (Å²) >= 11 is 0. The maximum absolute atomic E-state index is 3.96. The molecular formula is C37H33N3. The van der Waals surface area contributed by atoms with Crippen molar-refractivity contribution in [2.75, 3.05) is 0 Å². The van der Waals surface area contributed by atoms with Crippen molar-refractivity contribution in [2.45, 2.75) is 43.9 Å². The molecule has 2 N–H and O–H groups in total. The molecule has 5 aromatic rings. The van der Waals surface area contributed by atoms with Crippen LogP contribution in [0.5, 0.6) is 0 Å². The molecule has 0 bridgehead atoms. The van der Waals surface area contributed by atoms with Gasteiger partial charge in [0.1, 0.15) is 0 Å². The quantitative estimate of drug-likeness (QED) is 0.252. The highest BCUT2D eigenvalue weighted by Gasteiger charge is 2.44. The molecule has 3 aliphatic rings. The Hall–Kier alpha value is -4.34. The highest BCUT2D eigenvalue weighted by atomic mass is 15.3. The highest BCUT2D eigenvalue weighted by molar-refractivity contribution is 5.90. The van der Waals surface area contributed by atoms with Gasteiger partial charge in [-0.05, 0) is 52.5 Å². The topological polar surface area (TPSA) is 29.0 Å². The number of allylic oxidation sites excluding steroid dienone is 1. The van der Waals surface area contributed by atoms with Crippen LogP contribution in [0, 0.1) is 0 Å². The summed E-state index contributed by atoms with van der Waals surface area (Å²) in [6, 6.07) is 39.6. The second-order valence-electron chi connectivity index (χ2n) is 11.9. The number of aromatic nitrogens is 1. The fourth-order valence-electron chi connectivity index (χ4n) is 7.39. The summed E-state index contributed by atoms with van der Waals surface area (Å²) in [4.78, 5) is 0. The normalized spacial score (nSPS) is 22.5. The summed E-state index contributed by atoms with van der Waals surface area (Å²) in [5.41, 5.74) is 12.2. The lowest BCUT2D eigenvalue weighted by Crippen LogP contribution is -2.43. The van der Waals surface area contributed by atoms with Crippen molar-refractivity contribution in [3.63, 3.8) is 0 Å². The van der Waals surface area contributed by atoms with E-state index in [1.807, 2.05) is 0 Å². The van der Waals surface area contributed by atoms with Crippen molar-refractivity contribution in [1.29, 1.82) is 0 Å². The third-order valence-corrected chi connectivity index (χ3v) is 9.33. The molecule has 8 rings (SSSR count). The minimum Gasteiger partial charge on any atom is -0.352 e. The Balaban J connectivity index is 1.31. The molecule has 3 unspecified atom stereocenters. The fourth-order valence-corrected chi connectivity index (χ4v) is 7.39. The van der Waals surface area contributed by atoms with Gasteiger partial charge in [-0.15, -0.1) is 0 Å². The standard InChI is InChI=1S/C37H33N3/c1-37(2)30-19-11-9-17-26(30)28-21-29-27-18-10-12-20-34(27)40(35(29)22-31(28)37)36-38-32(24-13-5-3-6-14-24)23-33(39-36)25-15-7-4-8-16-25/h3-20,22-23,28,32,36,38-39H,21H2,1-2H3. The van der Waals surface area contributed by atoms with Crippen LogP contribution in [0.3, 0.4) is 0 Å². The van der Waals surface area contributed by atoms with E-state index < -0.39 is 0 Å². The lowest BCUT2D eigenvalue weighted by atomic mass is 9.76. The summed E-state index contributed by atoms with van der Waals surface area (Å²) in [7, 11) is 0. The second kappa shape index (κ2) is 8.84. The molecule has 2 heterocycles. The first-order valence-electron chi connectivity index (χ1n) is 14.4. The van der Waals surface area contributed by atoms with Gasteiger partial charge in [0, 0.05) is 28.1 Å². The van der Waals surface area contributed by atoms with E-state index in [0.717, 1.165) is 12.1 Å². The predicted molar refractivity (Wildman–Crippen MR) is 165 cm³/mol. The molecule has 196 valence electrons. The van der Waals surface area contributed by atoms with Crippen molar-refractivity contribution in [3.8, 4) is 0 Å². The number of para-hydroxylation sites is 1. The molecule has 0 amide bonds. The smallest absolute Gasteiger partial charge is 0.160 e. The average molecular weight is 520 g/mol. The number of nitrogens with zero attached hydrogens (tertiary/aromatic N) is 1. The molecule has 2 aliphatic carbocycles. The average Bonchev–Trinajstić information content (AvgIpc) is 3.45. The largest absolute Gasteiger partial charge is 0.352 e. The van der Waals surface area contributed by atoms with Crippen molar-refractivity contribution >= 4 is 22.7 Å². The van der Waals surface area contributed by atoms with E-state index in [-0.39, 0.29) is 17.7 Å². The van der Waals surface area contributed by atoms with Gasteiger partial charge in [0.15, 0.2) is 6.29 Å². The predicted octanol–water partition coefficient (Wildman–Crippen LogP) is 8.09. The Labute approximate surface area is 235 Å². The van der Waals surface area contributed by atoms with Gasteiger partial charge >= 0.3 is 0 Å². The van der Waals surface area contributed by atoms with Crippen LogP contribution >= 0.6 is 0 Å². The molecular weight excluding hydrogens is 486 g/mol. The summed E-state index contributed by atoms with van der Waals surface area (Å²) in [5, 5.41) is 9.21. The van der Waals surface area contributed by atoms with E-state index in [1.165, 1.54) is 50.0 Å². The van der Waals surface area contributed by atoms with E-state index in [2.05, 4.69) is 150 Å². The van der Waals surface area contributed by atoms with E-state index in [4.69, 9.17) is 0 Å². The Morgan fingerprint density at radius 1 is 0.775 bits per heavy atom. The first-order chi connectivity index (χ1) is 19.6. The Bertz CT molecular complexity index is 1810. The van der Waals surface area contributed by atoms with Crippen LogP contribution in [0.1, 0.15) is 65.6 Å². The van der Waals surface area contributed by atoms with Crippen LogP contribution in [-0.2, 0) is 11.8 Å². The Morgan fingerprint density at radius 2 is 1.48 bits per heavy atom. The van der Waals surface area contributed by atoms with Crippen LogP contribution in [0.2, 0.25) is 0 Å². The highest BCUT2D eigenvalue weighted by Crippen LogP contribution is 2.55. The third kappa shape index (κ3) is 3.47. The monoisotopic (exact) mass is 519 g/mol. The lowest BCUT2D eigenvalue weighted by Gasteiger charge is -2.36. The number of hydrogen-bond donors (Lipinski definition) is 2. The number of benzene rings is 4. The van der Waals surface area contributed by atoms with Gasteiger partial charge in [-0.3, -0.25) is 5.32 Å². The maximum atomic E-state index is 3.96. The zero-order valence-corrected chi connectivity index (χ0v) is 22.9. The molecule has 3 heteroatoms. The minimum atomic E-state index is -0.112. The fraction of sp³-hybridized carbons (Fsp3) is 0.189. The summed E-state index contributed by atoms with van der Waals surface area (Å²) in [5.74, 6) is 0.432. The van der Waals surface area contributed by atoms with Gasteiger partial charge < -0.3 is 9.88 Å². The van der Waals surface area contributed by atoms with E-state index in [9.17, 15) is 0 Å². The van der Waals surface area contributed by atoms with Crippen molar-refractivity contribution < 1.29 is 0 Å². The van der Waals surface area contributed by atoms with Crippen LogP contribution in [0.15, 0.2) is 121 Å². The number of hydrogen-bond acceptors (Lipinski definition) is 2. The van der Waals surface area contributed by atoms with Gasteiger partial charge in [-0.2, -0.15) is 0 Å². The van der Waals surface area contributed by atoms with Gasteiger partial charge in [-0.25, -0.2) is 0 Å². The van der Waals surface area contributed by atoms with Crippen LogP contribution < -0.4 is 10.6 Å². The van der Waals surface area contributed by atoms with Gasteiger partial charge in [0.05, 0.1) is 11.6 Å². The first-order valence-corrected chi connectivity index (χ1v) is 14.4. The Morgan fingerprint density at radius 3 is 2.30 bits per heavy atom. The third-order valence-electron chi connectivity index (χ3n) is 9.33. The van der Waals surface area contributed by atoms with Crippen LogP contribution in [0.25, 0.3) is 22.7 Å². The van der Waals surface area contributed by atoms with Crippen molar-refractivity contribution in [3.05, 3.63) is 154 Å². The SMILES string of the molecule is CC1(C)C2=Cc3c(c4ccccc4n3C3NC(c4ccccc4)=CC(c4ccccc4)N3)CC2c2ccccc21. The second-order valence-corrected chi connectivity index (χ2v) is 11.9. The molecule has 1 aromatic heterocycles. The molecule has 0 fully saturated rings. The Kier molecular flexibility index (Phi) is 5.20. The minimum absolute atomic E-state index is 0.00926. The molecule has 0 saturated carbocycles. The number of rotatable bonds is 3. The summed E-state index contributed by atoms with van der Waals surface area (Å²) in [6.45, 7) is 4.79. The van der Waals surface area contributed by atoms with Crippen LogP contribution in [-0.4, -0.2) is 4.57 Å². The maximum Gasteiger partial charge on any atom is 0.160 e. The summed E-state index contributed by atoms with van der Waals surface area (Å²) in [6.07, 6.45) is 5.76. The summed E-state index contributed by atoms with van der Waals surface area (Å²) < 4.78 is 2.51.